The van der Waals surface area contributed by atoms with Crippen molar-refractivity contribution in [1.29, 1.82) is 0 Å². The van der Waals surface area contributed by atoms with Gasteiger partial charge in [0, 0.05) is 13.1 Å². The fourth-order valence-corrected chi connectivity index (χ4v) is 2.04. The first-order valence-corrected chi connectivity index (χ1v) is 6.17. The molecule has 0 bridgehead atoms. The van der Waals surface area contributed by atoms with Gasteiger partial charge in [-0.15, -0.1) is 0 Å². The molecule has 17 heavy (non-hydrogen) atoms. The molecule has 0 radical (unpaired) electrons. The van der Waals surface area contributed by atoms with Crippen LogP contribution in [0.25, 0.3) is 0 Å². The molecule has 1 fully saturated rings. The minimum Gasteiger partial charge on any atom is -0.481 e. The highest BCUT2D eigenvalue weighted by Gasteiger charge is 2.39. The van der Waals surface area contributed by atoms with Crippen LogP contribution < -0.4 is 10.6 Å². The van der Waals surface area contributed by atoms with Crippen LogP contribution in [0.3, 0.4) is 0 Å². The summed E-state index contributed by atoms with van der Waals surface area (Å²) in [7, 11) is 0. The molecule has 0 saturated heterocycles. The summed E-state index contributed by atoms with van der Waals surface area (Å²) in [5.74, 6) is -0.369. The Labute approximate surface area is 102 Å². The number of amides is 2. The maximum absolute atomic E-state index is 11.5. The highest BCUT2D eigenvalue weighted by molar-refractivity contribution is 5.74. The predicted octanol–water partition coefficient (Wildman–Crippen LogP) is 1.59. The molecule has 0 heterocycles. The van der Waals surface area contributed by atoms with E-state index in [0.717, 1.165) is 19.3 Å². The SMILES string of the molecule is CC(C)CNC(=O)NCC1(CC(=O)O)CCC1. The Kier molecular flexibility index (Phi) is 4.78. The summed E-state index contributed by atoms with van der Waals surface area (Å²) < 4.78 is 0. The van der Waals surface area contributed by atoms with Gasteiger partial charge in [-0.1, -0.05) is 20.3 Å². The lowest BCUT2D eigenvalue weighted by Gasteiger charge is -2.40. The van der Waals surface area contributed by atoms with Crippen LogP contribution in [0.2, 0.25) is 0 Å². The minimum atomic E-state index is -0.783. The van der Waals surface area contributed by atoms with Crippen molar-refractivity contribution in [3.8, 4) is 0 Å². The molecule has 3 N–H and O–H groups in total. The number of nitrogens with one attached hydrogen (secondary N) is 2. The quantitative estimate of drug-likeness (QED) is 0.661. The Morgan fingerprint density at radius 3 is 2.35 bits per heavy atom. The van der Waals surface area contributed by atoms with Gasteiger partial charge >= 0.3 is 12.0 Å². The molecule has 1 aliphatic rings. The molecule has 0 aliphatic heterocycles. The van der Waals surface area contributed by atoms with Gasteiger partial charge in [-0.05, 0) is 24.2 Å². The van der Waals surface area contributed by atoms with Crippen LogP contribution in [-0.2, 0) is 4.79 Å². The average molecular weight is 242 g/mol. The molecule has 2 amide bonds. The second kappa shape index (κ2) is 5.89. The van der Waals surface area contributed by atoms with Crippen molar-refractivity contribution >= 4 is 12.0 Å². The standard InChI is InChI=1S/C12H22N2O3/c1-9(2)7-13-11(17)14-8-12(4-3-5-12)6-10(15)16/h9H,3-8H2,1-2H3,(H,15,16)(H2,13,14,17). The summed E-state index contributed by atoms with van der Waals surface area (Å²) >= 11 is 0. The van der Waals surface area contributed by atoms with Gasteiger partial charge < -0.3 is 15.7 Å². The molecule has 5 nitrogen and oxygen atoms in total. The minimum absolute atomic E-state index is 0.150. The largest absolute Gasteiger partial charge is 0.481 e. The first-order chi connectivity index (χ1) is 7.93. The van der Waals surface area contributed by atoms with Gasteiger partial charge in [0.2, 0.25) is 0 Å². The highest BCUT2D eigenvalue weighted by Crippen LogP contribution is 2.43. The van der Waals surface area contributed by atoms with Crippen LogP contribution in [0.15, 0.2) is 0 Å². The number of carboxylic acid groups (broad SMARTS) is 1. The number of carboxylic acids is 1. The molecule has 1 rings (SSSR count). The summed E-state index contributed by atoms with van der Waals surface area (Å²) in [5, 5.41) is 14.4. The van der Waals surface area contributed by atoms with Crippen LogP contribution in [0.5, 0.6) is 0 Å². The second-order valence-corrected chi connectivity index (χ2v) is 5.38. The molecule has 1 saturated carbocycles. The maximum Gasteiger partial charge on any atom is 0.314 e. The van der Waals surface area contributed by atoms with Crippen LogP contribution in [0, 0.1) is 11.3 Å². The highest BCUT2D eigenvalue weighted by atomic mass is 16.4. The van der Waals surface area contributed by atoms with Gasteiger partial charge in [-0.3, -0.25) is 4.79 Å². The maximum atomic E-state index is 11.5. The van der Waals surface area contributed by atoms with Crippen molar-refractivity contribution in [2.24, 2.45) is 11.3 Å². The number of aliphatic carboxylic acids is 1. The lowest BCUT2D eigenvalue weighted by molar-refractivity contribution is -0.141. The van der Waals surface area contributed by atoms with E-state index in [2.05, 4.69) is 10.6 Å². The van der Waals surface area contributed by atoms with Gasteiger partial charge in [0.15, 0.2) is 0 Å². The third-order valence-corrected chi connectivity index (χ3v) is 3.24. The van der Waals surface area contributed by atoms with Crippen molar-refractivity contribution in [2.75, 3.05) is 13.1 Å². The van der Waals surface area contributed by atoms with E-state index < -0.39 is 5.97 Å². The molecule has 5 heteroatoms. The second-order valence-electron chi connectivity index (χ2n) is 5.38. The normalized spacial score (nSPS) is 17.4. The monoisotopic (exact) mass is 242 g/mol. The number of hydrogen-bond donors (Lipinski definition) is 3. The summed E-state index contributed by atoms with van der Waals surface area (Å²) in [6.45, 7) is 5.15. The summed E-state index contributed by atoms with van der Waals surface area (Å²) in [6, 6.07) is -0.199. The number of carbonyl (C=O) groups excluding carboxylic acids is 1. The number of rotatable bonds is 6. The van der Waals surface area contributed by atoms with Crippen LogP contribution in [-0.4, -0.2) is 30.2 Å². The molecule has 0 aromatic rings. The average Bonchev–Trinajstić information content (AvgIpc) is 2.18. The molecule has 1 aliphatic carbocycles. The number of urea groups is 1. The Bertz CT molecular complexity index is 285. The zero-order chi connectivity index (χ0) is 12.9. The van der Waals surface area contributed by atoms with Crippen LogP contribution >= 0.6 is 0 Å². The van der Waals surface area contributed by atoms with Gasteiger partial charge in [0.25, 0.3) is 0 Å². The zero-order valence-electron chi connectivity index (χ0n) is 10.6. The summed E-state index contributed by atoms with van der Waals surface area (Å²) in [4.78, 5) is 22.2. The Morgan fingerprint density at radius 1 is 1.29 bits per heavy atom. The first-order valence-electron chi connectivity index (χ1n) is 6.17. The first kappa shape index (κ1) is 13.8. The van der Waals surface area contributed by atoms with E-state index in [9.17, 15) is 9.59 Å². The van der Waals surface area contributed by atoms with E-state index in [-0.39, 0.29) is 17.9 Å². The number of carbonyl (C=O) groups is 2. The summed E-state index contributed by atoms with van der Waals surface area (Å²) in [5.41, 5.74) is -0.207. The van der Waals surface area contributed by atoms with Crippen LogP contribution in [0.4, 0.5) is 4.79 Å². The predicted molar refractivity (Wildman–Crippen MR) is 64.8 cm³/mol. The van der Waals surface area contributed by atoms with Gasteiger partial charge in [-0.2, -0.15) is 0 Å². The van der Waals surface area contributed by atoms with Crippen molar-refractivity contribution < 1.29 is 14.7 Å². The fraction of sp³-hybridized carbons (Fsp3) is 0.833. The molecule has 98 valence electrons. The Morgan fingerprint density at radius 2 is 1.94 bits per heavy atom. The molecule has 0 aromatic heterocycles. The molecule has 0 unspecified atom stereocenters. The molecular formula is C12H22N2O3. The lowest BCUT2D eigenvalue weighted by Crippen LogP contribution is -2.47. The Balaban J connectivity index is 2.28. The molecule has 0 spiro atoms. The van der Waals surface area contributed by atoms with E-state index in [1.165, 1.54) is 0 Å². The molecule has 0 atom stereocenters. The van der Waals surface area contributed by atoms with Gasteiger partial charge in [0.1, 0.15) is 0 Å². The third-order valence-electron chi connectivity index (χ3n) is 3.24. The van der Waals surface area contributed by atoms with E-state index in [0.29, 0.717) is 19.0 Å². The van der Waals surface area contributed by atoms with Crippen molar-refractivity contribution in [3.63, 3.8) is 0 Å². The van der Waals surface area contributed by atoms with E-state index in [1.54, 1.807) is 0 Å². The smallest absolute Gasteiger partial charge is 0.314 e. The van der Waals surface area contributed by atoms with Gasteiger partial charge in [-0.25, -0.2) is 4.79 Å². The fourth-order valence-electron chi connectivity index (χ4n) is 2.04. The van der Waals surface area contributed by atoms with Crippen LogP contribution in [0.1, 0.15) is 39.5 Å². The van der Waals surface area contributed by atoms with Crippen molar-refractivity contribution in [2.45, 2.75) is 39.5 Å². The Hall–Kier alpha value is -1.26. The topological polar surface area (TPSA) is 78.4 Å². The molecular weight excluding hydrogens is 220 g/mol. The zero-order valence-corrected chi connectivity index (χ0v) is 10.6. The third kappa shape index (κ3) is 4.63. The summed E-state index contributed by atoms with van der Waals surface area (Å²) in [6.07, 6.45) is 2.99. The molecule has 0 aromatic carbocycles. The van der Waals surface area contributed by atoms with E-state index >= 15 is 0 Å². The number of hydrogen-bond acceptors (Lipinski definition) is 2. The lowest BCUT2D eigenvalue weighted by atomic mass is 9.66. The van der Waals surface area contributed by atoms with Gasteiger partial charge in [0.05, 0.1) is 6.42 Å². The van der Waals surface area contributed by atoms with Crippen molar-refractivity contribution in [1.82, 2.24) is 10.6 Å². The van der Waals surface area contributed by atoms with E-state index in [4.69, 9.17) is 5.11 Å². The van der Waals surface area contributed by atoms with E-state index in [1.807, 2.05) is 13.8 Å². The van der Waals surface area contributed by atoms with Crippen molar-refractivity contribution in [3.05, 3.63) is 0 Å².